The second-order valence-electron chi connectivity index (χ2n) is 4.23. The second kappa shape index (κ2) is 3.84. The summed E-state index contributed by atoms with van der Waals surface area (Å²) in [7, 11) is 1.63. The molecular formula is C14H12N2O2. The van der Waals surface area contributed by atoms with Crippen LogP contribution in [0.15, 0.2) is 36.4 Å². The molecule has 4 nitrogen and oxygen atoms in total. The molecule has 0 spiro atoms. The van der Waals surface area contributed by atoms with Crippen LogP contribution in [0, 0.1) is 12.1 Å². The molecule has 0 saturated heterocycles. The number of rotatable bonds is 1. The number of aromatic nitrogens is 2. The van der Waals surface area contributed by atoms with E-state index in [9.17, 15) is 5.21 Å². The van der Waals surface area contributed by atoms with Gasteiger partial charge in [-0.2, -0.15) is 0 Å². The molecule has 3 aromatic rings. The molecule has 0 aliphatic rings. The predicted molar refractivity (Wildman–Crippen MR) is 69.5 cm³/mol. The summed E-state index contributed by atoms with van der Waals surface area (Å²) >= 11 is 0. The van der Waals surface area contributed by atoms with Crippen LogP contribution in [0.4, 0.5) is 0 Å². The van der Waals surface area contributed by atoms with Gasteiger partial charge in [0.2, 0.25) is 0 Å². The van der Waals surface area contributed by atoms with Gasteiger partial charge in [0.25, 0.3) is 5.52 Å². The number of para-hydroxylation sites is 1. The summed E-state index contributed by atoms with van der Waals surface area (Å²) in [4.78, 5) is 0.678. The van der Waals surface area contributed by atoms with Crippen molar-refractivity contribution in [1.82, 2.24) is 5.10 Å². The summed E-state index contributed by atoms with van der Waals surface area (Å²) in [6, 6.07) is 11.2. The number of hydrogen-bond acceptors (Lipinski definition) is 3. The Morgan fingerprint density at radius 3 is 2.72 bits per heavy atom. The Morgan fingerprint density at radius 1 is 1.17 bits per heavy atom. The van der Waals surface area contributed by atoms with E-state index in [4.69, 9.17) is 4.74 Å². The van der Waals surface area contributed by atoms with Crippen molar-refractivity contribution in [1.29, 1.82) is 0 Å². The molecule has 3 rings (SSSR count). The van der Waals surface area contributed by atoms with Gasteiger partial charge in [0.15, 0.2) is 0 Å². The second-order valence-corrected chi connectivity index (χ2v) is 4.23. The number of benzene rings is 2. The summed E-state index contributed by atoms with van der Waals surface area (Å²) < 4.78 is 5.27. The molecule has 0 aliphatic heterocycles. The highest BCUT2D eigenvalue weighted by Gasteiger charge is 2.13. The van der Waals surface area contributed by atoms with Gasteiger partial charge < -0.3 is 9.94 Å². The lowest BCUT2D eigenvalue weighted by atomic mass is 10.1. The van der Waals surface area contributed by atoms with E-state index in [-0.39, 0.29) is 0 Å². The average molecular weight is 240 g/mol. The molecule has 0 atom stereocenters. The van der Waals surface area contributed by atoms with Gasteiger partial charge in [-0.1, -0.05) is 12.1 Å². The van der Waals surface area contributed by atoms with Crippen LogP contribution in [0.1, 0.15) is 5.56 Å². The van der Waals surface area contributed by atoms with Gasteiger partial charge >= 0.3 is 0 Å². The normalized spacial score (nSPS) is 11.0. The third-order valence-electron chi connectivity index (χ3n) is 3.10. The van der Waals surface area contributed by atoms with Crippen LogP contribution in [0.25, 0.3) is 21.8 Å². The van der Waals surface area contributed by atoms with E-state index in [0.717, 1.165) is 22.1 Å². The molecular weight excluding hydrogens is 228 g/mol. The van der Waals surface area contributed by atoms with E-state index in [2.05, 4.69) is 5.10 Å². The number of hydrogen-bond donors (Lipinski definition) is 0. The maximum absolute atomic E-state index is 11.9. The molecule has 4 heteroatoms. The Morgan fingerprint density at radius 2 is 1.94 bits per heavy atom. The number of fused-ring (bicyclic) bond motifs is 3. The summed E-state index contributed by atoms with van der Waals surface area (Å²) in [6.45, 7) is 1.92. The first-order valence-electron chi connectivity index (χ1n) is 5.67. The highest BCUT2D eigenvalue weighted by atomic mass is 16.5. The molecule has 0 fully saturated rings. The SMILES string of the molecule is COc1cc(C)c2n[n+]([O-])c3ccccc3c2c1. The first-order valence-corrected chi connectivity index (χ1v) is 5.67. The lowest BCUT2D eigenvalue weighted by Crippen LogP contribution is -2.32. The zero-order valence-corrected chi connectivity index (χ0v) is 10.2. The largest absolute Gasteiger partial charge is 0.594 e. The summed E-state index contributed by atoms with van der Waals surface area (Å²) in [5.74, 6) is 0.774. The summed E-state index contributed by atoms with van der Waals surface area (Å²) in [5, 5.41) is 17.8. The lowest BCUT2D eigenvalue weighted by molar-refractivity contribution is -0.639. The molecule has 0 bridgehead atoms. The van der Waals surface area contributed by atoms with Crippen LogP contribution in [0.3, 0.4) is 0 Å². The number of methoxy groups -OCH3 is 1. The van der Waals surface area contributed by atoms with Crippen LogP contribution in [-0.2, 0) is 0 Å². The molecule has 0 N–H and O–H groups in total. The average Bonchev–Trinajstić information content (AvgIpc) is 2.40. The molecule has 0 radical (unpaired) electrons. The predicted octanol–water partition coefficient (Wildman–Crippen LogP) is 2.34. The molecule has 18 heavy (non-hydrogen) atoms. The lowest BCUT2D eigenvalue weighted by Gasteiger charge is -2.07. The summed E-state index contributed by atoms with van der Waals surface area (Å²) in [6.07, 6.45) is 0. The number of ether oxygens (including phenoxy) is 1. The Bertz CT molecular complexity index is 753. The van der Waals surface area contributed by atoms with Crippen molar-refractivity contribution >= 4 is 21.8 Å². The molecule has 0 unspecified atom stereocenters. The van der Waals surface area contributed by atoms with Crippen molar-refractivity contribution in [2.75, 3.05) is 7.11 Å². The van der Waals surface area contributed by atoms with Gasteiger partial charge in [0.1, 0.15) is 11.3 Å². The van der Waals surface area contributed by atoms with Crippen LogP contribution in [0.5, 0.6) is 5.75 Å². The fourth-order valence-electron chi connectivity index (χ4n) is 2.22. The van der Waals surface area contributed by atoms with Gasteiger partial charge in [-0.15, -0.1) is 0 Å². The Hall–Kier alpha value is -2.36. The van der Waals surface area contributed by atoms with E-state index in [1.807, 2.05) is 37.3 Å². The molecule has 1 heterocycles. The minimum Gasteiger partial charge on any atom is -0.594 e. The topological polar surface area (TPSA) is 49.1 Å². The fraction of sp³-hybridized carbons (Fsp3) is 0.143. The highest BCUT2D eigenvalue weighted by molar-refractivity contribution is 6.03. The first-order chi connectivity index (χ1) is 8.70. The van der Waals surface area contributed by atoms with Crippen LogP contribution < -0.4 is 9.58 Å². The van der Waals surface area contributed by atoms with Crippen molar-refractivity contribution in [3.05, 3.63) is 47.2 Å². The van der Waals surface area contributed by atoms with Gasteiger partial charge in [-0.05, 0) is 35.5 Å². The molecule has 0 aliphatic carbocycles. The monoisotopic (exact) mass is 240 g/mol. The summed E-state index contributed by atoms with van der Waals surface area (Å²) in [5.41, 5.74) is 2.21. The number of aryl methyl sites for hydroxylation is 1. The Kier molecular flexibility index (Phi) is 2.30. The highest BCUT2D eigenvalue weighted by Crippen LogP contribution is 2.27. The van der Waals surface area contributed by atoms with E-state index >= 15 is 0 Å². The zero-order valence-electron chi connectivity index (χ0n) is 10.2. The minimum absolute atomic E-state index is 0.567. The molecule has 0 amide bonds. The quantitative estimate of drug-likeness (QED) is 0.372. The van der Waals surface area contributed by atoms with Gasteiger partial charge in [0.05, 0.1) is 12.5 Å². The third-order valence-corrected chi connectivity index (χ3v) is 3.10. The van der Waals surface area contributed by atoms with Gasteiger partial charge in [0, 0.05) is 16.6 Å². The molecule has 0 saturated carbocycles. The van der Waals surface area contributed by atoms with Crippen molar-refractivity contribution in [3.8, 4) is 5.75 Å². The van der Waals surface area contributed by atoms with Crippen molar-refractivity contribution in [3.63, 3.8) is 0 Å². The van der Waals surface area contributed by atoms with E-state index in [1.165, 1.54) is 0 Å². The Labute approximate surface area is 104 Å². The maximum Gasteiger partial charge on any atom is 0.252 e. The smallest absolute Gasteiger partial charge is 0.252 e. The van der Waals surface area contributed by atoms with Gasteiger partial charge in [-0.3, -0.25) is 0 Å². The van der Waals surface area contributed by atoms with Crippen LogP contribution in [-0.4, -0.2) is 12.2 Å². The maximum atomic E-state index is 11.9. The minimum atomic E-state index is 0.567. The molecule has 2 aromatic carbocycles. The fourth-order valence-corrected chi connectivity index (χ4v) is 2.22. The van der Waals surface area contributed by atoms with Crippen molar-refractivity contribution < 1.29 is 9.58 Å². The van der Waals surface area contributed by atoms with Crippen LogP contribution >= 0.6 is 0 Å². The molecule has 1 aromatic heterocycles. The zero-order chi connectivity index (χ0) is 12.7. The third kappa shape index (κ3) is 1.46. The standard InChI is InChI=1S/C14H12N2O2/c1-9-7-10(18-2)8-12-11-5-3-4-6-13(11)16(17)15-14(9)12/h3-8H,1-2H3. The van der Waals surface area contributed by atoms with Crippen LogP contribution in [0.2, 0.25) is 0 Å². The van der Waals surface area contributed by atoms with Gasteiger partial charge in [-0.25, -0.2) is 0 Å². The first kappa shape index (κ1) is 10.8. The van der Waals surface area contributed by atoms with Crippen molar-refractivity contribution in [2.45, 2.75) is 6.92 Å². The Balaban J connectivity index is 2.56. The molecule has 90 valence electrons. The van der Waals surface area contributed by atoms with Crippen molar-refractivity contribution in [2.24, 2.45) is 0 Å². The van der Waals surface area contributed by atoms with E-state index < -0.39 is 0 Å². The van der Waals surface area contributed by atoms with E-state index in [0.29, 0.717) is 15.9 Å². The van der Waals surface area contributed by atoms with E-state index in [1.54, 1.807) is 13.2 Å². The number of nitrogens with zero attached hydrogens (tertiary/aromatic N) is 2.